The van der Waals surface area contributed by atoms with E-state index in [1.807, 2.05) is 42.7 Å². The molecular weight excluding hydrogens is 366 g/mol. The van der Waals surface area contributed by atoms with Crippen LogP contribution in [-0.2, 0) is 4.79 Å². The largest absolute Gasteiger partial charge is 0.482 e. The summed E-state index contributed by atoms with van der Waals surface area (Å²) in [7, 11) is 0. The van der Waals surface area contributed by atoms with Gasteiger partial charge in [-0.1, -0.05) is 17.2 Å². The maximum Gasteiger partial charge on any atom is 0.322 e. The van der Waals surface area contributed by atoms with Crippen molar-refractivity contribution >= 4 is 23.7 Å². The van der Waals surface area contributed by atoms with Crippen LogP contribution in [0.25, 0.3) is 11.5 Å². The van der Waals surface area contributed by atoms with Crippen LogP contribution in [0.1, 0.15) is 6.92 Å². The highest BCUT2D eigenvalue weighted by Gasteiger charge is 2.34. The quantitative estimate of drug-likeness (QED) is 0.689. The molecule has 2 heterocycles. The standard InChI is InChI=1S/C19H17N3O4S/c1-11-16(25-15-6-4-3-5-14(15)24-11)17(23)20-19-22-21-18(26-19)12-7-9-13(27-2)10-8-12/h3-11,16H,1-2H3,(H,20,22,23). The minimum Gasteiger partial charge on any atom is -0.482 e. The summed E-state index contributed by atoms with van der Waals surface area (Å²) in [5.74, 6) is 1.06. The van der Waals surface area contributed by atoms with E-state index in [-0.39, 0.29) is 6.01 Å². The van der Waals surface area contributed by atoms with E-state index < -0.39 is 18.1 Å². The molecule has 1 aliphatic rings. The van der Waals surface area contributed by atoms with Crippen LogP contribution in [0.3, 0.4) is 0 Å². The maximum absolute atomic E-state index is 12.6. The van der Waals surface area contributed by atoms with Crippen LogP contribution in [-0.4, -0.2) is 34.6 Å². The molecule has 8 heteroatoms. The van der Waals surface area contributed by atoms with Crippen LogP contribution in [0.4, 0.5) is 6.01 Å². The summed E-state index contributed by atoms with van der Waals surface area (Å²) in [6, 6.07) is 14.9. The third-order valence-electron chi connectivity index (χ3n) is 4.09. The highest BCUT2D eigenvalue weighted by atomic mass is 32.2. The lowest BCUT2D eigenvalue weighted by molar-refractivity contribution is -0.128. The van der Waals surface area contributed by atoms with E-state index in [9.17, 15) is 4.79 Å². The zero-order valence-corrected chi connectivity index (χ0v) is 15.5. The Bertz CT molecular complexity index is 958. The number of amides is 1. The molecule has 0 fully saturated rings. The smallest absolute Gasteiger partial charge is 0.322 e. The van der Waals surface area contributed by atoms with Gasteiger partial charge in [-0.3, -0.25) is 10.1 Å². The molecule has 0 radical (unpaired) electrons. The first-order chi connectivity index (χ1) is 13.1. The van der Waals surface area contributed by atoms with Crippen molar-refractivity contribution in [2.24, 2.45) is 0 Å². The third-order valence-corrected chi connectivity index (χ3v) is 4.84. The number of thioether (sulfide) groups is 1. The highest BCUT2D eigenvalue weighted by molar-refractivity contribution is 7.98. The lowest BCUT2D eigenvalue weighted by Crippen LogP contribution is -2.46. The molecule has 7 nitrogen and oxygen atoms in total. The molecule has 2 unspecified atom stereocenters. The average molecular weight is 383 g/mol. The number of carbonyl (C=O) groups is 1. The van der Waals surface area contributed by atoms with E-state index in [1.54, 1.807) is 30.8 Å². The second-order valence-electron chi connectivity index (χ2n) is 5.94. The number of aromatic nitrogens is 2. The Hall–Kier alpha value is -3.00. The van der Waals surface area contributed by atoms with E-state index in [0.717, 1.165) is 10.5 Å². The van der Waals surface area contributed by atoms with Gasteiger partial charge in [0.05, 0.1) is 0 Å². The number of ether oxygens (including phenoxy) is 2. The van der Waals surface area contributed by atoms with Crippen LogP contribution in [0.15, 0.2) is 57.8 Å². The molecule has 0 saturated carbocycles. The normalized spacial score (nSPS) is 18.1. The molecule has 138 valence electrons. The Morgan fingerprint density at radius 3 is 2.44 bits per heavy atom. The SMILES string of the molecule is CSc1ccc(-c2nnc(NC(=O)C3Oc4ccccc4OC3C)o2)cc1. The Kier molecular flexibility index (Phi) is 4.72. The van der Waals surface area contributed by atoms with Crippen molar-refractivity contribution in [1.82, 2.24) is 10.2 Å². The number of anilines is 1. The lowest BCUT2D eigenvalue weighted by Gasteiger charge is -2.30. The lowest BCUT2D eigenvalue weighted by atomic mass is 10.1. The Labute approximate surface area is 160 Å². The number of para-hydroxylation sites is 2. The van der Waals surface area contributed by atoms with Crippen molar-refractivity contribution < 1.29 is 18.7 Å². The van der Waals surface area contributed by atoms with E-state index >= 15 is 0 Å². The highest BCUT2D eigenvalue weighted by Crippen LogP contribution is 2.33. The van der Waals surface area contributed by atoms with Gasteiger partial charge in [-0.2, -0.15) is 0 Å². The second kappa shape index (κ2) is 7.32. The van der Waals surface area contributed by atoms with Crippen molar-refractivity contribution in [2.75, 3.05) is 11.6 Å². The minimum atomic E-state index is -0.823. The molecule has 1 aliphatic heterocycles. The summed E-state index contributed by atoms with van der Waals surface area (Å²) in [6.45, 7) is 1.77. The maximum atomic E-state index is 12.6. The second-order valence-corrected chi connectivity index (χ2v) is 6.82. The van der Waals surface area contributed by atoms with Gasteiger partial charge in [-0.05, 0) is 49.6 Å². The van der Waals surface area contributed by atoms with Gasteiger partial charge >= 0.3 is 6.01 Å². The Morgan fingerprint density at radius 1 is 1.04 bits per heavy atom. The predicted octanol–water partition coefficient (Wildman–Crippen LogP) is 3.63. The molecule has 3 aromatic rings. The van der Waals surface area contributed by atoms with Gasteiger partial charge < -0.3 is 13.9 Å². The van der Waals surface area contributed by atoms with Crippen LogP contribution in [0.2, 0.25) is 0 Å². The fourth-order valence-electron chi connectivity index (χ4n) is 2.71. The molecule has 1 N–H and O–H groups in total. The Balaban J connectivity index is 1.46. The monoisotopic (exact) mass is 383 g/mol. The number of carbonyl (C=O) groups excluding carboxylic acids is 1. The number of nitrogens with one attached hydrogen (secondary N) is 1. The first-order valence-corrected chi connectivity index (χ1v) is 9.57. The summed E-state index contributed by atoms with van der Waals surface area (Å²) >= 11 is 1.65. The summed E-state index contributed by atoms with van der Waals surface area (Å²) in [5, 5.41) is 10.5. The predicted molar refractivity (Wildman–Crippen MR) is 101 cm³/mol. The zero-order valence-electron chi connectivity index (χ0n) is 14.7. The average Bonchev–Trinajstić information content (AvgIpc) is 3.16. The van der Waals surface area contributed by atoms with Gasteiger partial charge in [0.25, 0.3) is 5.91 Å². The zero-order chi connectivity index (χ0) is 18.8. The number of hydrogen-bond donors (Lipinski definition) is 1. The first-order valence-electron chi connectivity index (χ1n) is 8.35. The molecule has 1 amide bonds. The summed E-state index contributed by atoms with van der Waals surface area (Å²) < 4.78 is 17.1. The Morgan fingerprint density at radius 2 is 1.74 bits per heavy atom. The molecule has 2 aromatic carbocycles. The number of rotatable bonds is 4. The summed E-state index contributed by atoms with van der Waals surface area (Å²) in [5.41, 5.74) is 0.778. The van der Waals surface area contributed by atoms with Crippen LogP contribution < -0.4 is 14.8 Å². The van der Waals surface area contributed by atoms with E-state index in [1.165, 1.54) is 0 Å². The van der Waals surface area contributed by atoms with Crippen molar-refractivity contribution in [3.63, 3.8) is 0 Å². The molecular formula is C19H17N3O4S. The molecule has 0 bridgehead atoms. The van der Waals surface area contributed by atoms with Crippen LogP contribution in [0.5, 0.6) is 11.5 Å². The van der Waals surface area contributed by atoms with E-state index in [4.69, 9.17) is 13.9 Å². The minimum absolute atomic E-state index is 0.0126. The van der Waals surface area contributed by atoms with Crippen molar-refractivity contribution in [3.05, 3.63) is 48.5 Å². The molecule has 4 rings (SSSR count). The molecule has 27 heavy (non-hydrogen) atoms. The molecule has 0 saturated heterocycles. The van der Waals surface area contributed by atoms with E-state index in [0.29, 0.717) is 17.4 Å². The summed E-state index contributed by atoms with van der Waals surface area (Å²) in [6.07, 6.45) is 0.726. The number of benzene rings is 2. The fourth-order valence-corrected chi connectivity index (χ4v) is 3.12. The van der Waals surface area contributed by atoms with Gasteiger partial charge in [0, 0.05) is 10.5 Å². The van der Waals surface area contributed by atoms with Gasteiger partial charge in [0.2, 0.25) is 12.0 Å². The van der Waals surface area contributed by atoms with Crippen molar-refractivity contribution in [3.8, 4) is 23.0 Å². The van der Waals surface area contributed by atoms with E-state index in [2.05, 4.69) is 15.5 Å². The van der Waals surface area contributed by atoms with Crippen LogP contribution in [0, 0.1) is 0 Å². The molecule has 0 aliphatic carbocycles. The van der Waals surface area contributed by atoms with Gasteiger partial charge in [-0.25, -0.2) is 0 Å². The van der Waals surface area contributed by atoms with Gasteiger partial charge in [0.1, 0.15) is 6.10 Å². The molecule has 1 aromatic heterocycles. The summed E-state index contributed by atoms with van der Waals surface area (Å²) in [4.78, 5) is 13.7. The van der Waals surface area contributed by atoms with Gasteiger partial charge in [-0.15, -0.1) is 16.9 Å². The number of nitrogens with zero attached hydrogens (tertiary/aromatic N) is 2. The topological polar surface area (TPSA) is 86.5 Å². The fraction of sp³-hybridized carbons (Fsp3) is 0.211. The molecule has 2 atom stereocenters. The van der Waals surface area contributed by atoms with Gasteiger partial charge in [0.15, 0.2) is 11.5 Å². The van der Waals surface area contributed by atoms with Crippen molar-refractivity contribution in [2.45, 2.75) is 24.0 Å². The van der Waals surface area contributed by atoms with Crippen molar-refractivity contribution in [1.29, 1.82) is 0 Å². The number of fused-ring (bicyclic) bond motifs is 1. The third kappa shape index (κ3) is 3.61. The van der Waals surface area contributed by atoms with Crippen LogP contribution >= 0.6 is 11.8 Å². The first kappa shape index (κ1) is 17.4. The number of hydrogen-bond acceptors (Lipinski definition) is 7. The molecule has 0 spiro atoms.